The molecule has 1 nitrogen and oxygen atoms in total. The van der Waals surface area contributed by atoms with Crippen molar-refractivity contribution >= 4 is 17.1 Å². The second kappa shape index (κ2) is 16.4. The first kappa shape index (κ1) is 42.3. The summed E-state index contributed by atoms with van der Waals surface area (Å²) in [6, 6.07) is 56.7. The summed E-state index contributed by atoms with van der Waals surface area (Å²) in [5, 5.41) is 0. The van der Waals surface area contributed by atoms with Crippen LogP contribution in [0.1, 0.15) is 145 Å². The summed E-state index contributed by atoms with van der Waals surface area (Å²) in [7, 11) is 0. The highest BCUT2D eigenvalue weighted by Crippen LogP contribution is 2.51. The highest BCUT2D eigenvalue weighted by Gasteiger charge is 2.36. The fourth-order valence-electron chi connectivity index (χ4n) is 11.2. The van der Waals surface area contributed by atoms with E-state index in [1.807, 2.05) is 0 Å². The zero-order chi connectivity index (χ0) is 44.4. The minimum Gasteiger partial charge on any atom is -0.310 e. The van der Waals surface area contributed by atoms with Gasteiger partial charge in [-0.1, -0.05) is 178 Å². The van der Waals surface area contributed by atoms with Gasteiger partial charge in [-0.05, 0) is 181 Å². The Labute approximate surface area is 384 Å². The molecule has 0 unspecified atom stereocenters. The number of nitrogens with zero attached hydrogens (tertiary/aromatic N) is 1. The van der Waals surface area contributed by atoms with E-state index < -0.39 is 0 Å². The predicted molar refractivity (Wildman–Crippen MR) is 275 cm³/mol. The van der Waals surface area contributed by atoms with Gasteiger partial charge in [0.1, 0.15) is 0 Å². The molecular weight excluding hydrogens is 771 g/mol. The molecule has 10 rings (SSSR count). The SMILES string of the molecule is CC(C)(C)c1cc(-c2cc3c(c(-c4ccc(N(c5ccc(-c6cccc(C7CCCCC7)c6)cc5)c5ccc6c(c5)C(C)(C)c5ccccc5-6)cc4)c2)CCCC3)cc(C(C)(C)C)c1. The Bertz CT molecular complexity index is 2800. The van der Waals surface area contributed by atoms with E-state index in [0.717, 1.165) is 12.8 Å². The van der Waals surface area contributed by atoms with Crippen LogP contribution < -0.4 is 4.90 Å². The Hall–Kier alpha value is -5.66. The van der Waals surface area contributed by atoms with Crippen LogP contribution in [0.5, 0.6) is 0 Å². The molecule has 0 radical (unpaired) electrons. The molecule has 7 aromatic rings. The summed E-state index contributed by atoms with van der Waals surface area (Å²) in [6.07, 6.45) is 11.5. The van der Waals surface area contributed by atoms with Gasteiger partial charge in [0.25, 0.3) is 0 Å². The number of benzene rings is 7. The Morgan fingerprint density at radius 1 is 0.438 bits per heavy atom. The van der Waals surface area contributed by atoms with Gasteiger partial charge in [0.2, 0.25) is 0 Å². The van der Waals surface area contributed by atoms with E-state index in [4.69, 9.17) is 0 Å². The minimum atomic E-state index is -0.0885. The van der Waals surface area contributed by atoms with Crippen molar-refractivity contribution in [2.24, 2.45) is 0 Å². The smallest absolute Gasteiger partial charge is 0.0465 e. The van der Waals surface area contributed by atoms with Crippen LogP contribution in [0.4, 0.5) is 17.1 Å². The molecule has 0 aliphatic heterocycles. The topological polar surface area (TPSA) is 3.24 Å². The highest BCUT2D eigenvalue weighted by atomic mass is 15.1. The van der Waals surface area contributed by atoms with E-state index in [1.54, 1.807) is 0 Å². The van der Waals surface area contributed by atoms with Gasteiger partial charge in [0.05, 0.1) is 0 Å². The van der Waals surface area contributed by atoms with Crippen molar-refractivity contribution in [1.29, 1.82) is 0 Å². The average Bonchev–Trinajstić information content (AvgIpc) is 3.54. The van der Waals surface area contributed by atoms with Gasteiger partial charge in [-0.25, -0.2) is 0 Å². The average molecular weight is 838 g/mol. The predicted octanol–water partition coefficient (Wildman–Crippen LogP) is 18.0. The number of fused-ring (bicyclic) bond motifs is 4. The molecule has 1 heteroatoms. The summed E-state index contributed by atoms with van der Waals surface area (Å²) in [4.78, 5) is 2.48. The standard InChI is InChI=1S/C63H67N/c1-61(2,3)50-37-49(38-51(40-50)62(4,5)6)48-36-47-19-12-13-22-55(47)58(39-48)44-27-31-53(32-28-44)64(54-33-34-57-56-23-14-15-24-59(56)63(7,8)60(57)41-54)52-29-25-43(26-30-52)46-21-16-20-45(35-46)42-17-10-9-11-18-42/h14-16,20-21,23-42H,9-13,17-19,22H2,1-8H3. The Morgan fingerprint density at radius 3 is 1.73 bits per heavy atom. The van der Waals surface area contributed by atoms with Crippen LogP contribution in [0.3, 0.4) is 0 Å². The summed E-state index contributed by atoms with van der Waals surface area (Å²) >= 11 is 0. The van der Waals surface area contributed by atoms with E-state index in [0.29, 0.717) is 5.92 Å². The fourth-order valence-corrected chi connectivity index (χ4v) is 11.2. The lowest BCUT2D eigenvalue weighted by atomic mass is 9.78. The summed E-state index contributed by atoms with van der Waals surface area (Å²) in [6.45, 7) is 18.8. The Morgan fingerprint density at radius 2 is 1.05 bits per heavy atom. The van der Waals surface area contributed by atoms with Gasteiger partial charge in [-0.15, -0.1) is 0 Å². The number of hydrogen-bond donors (Lipinski definition) is 0. The lowest BCUT2D eigenvalue weighted by Crippen LogP contribution is -2.16. The van der Waals surface area contributed by atoms with Crippen molar-refractivity contribution in [1.82, 2.24) is 0 Å². The van der Waals surface area contributed by atoms with Crippen molar-refractivity contribution in [3.05, 3.63) is 185 Å². The maximum Gasteiger partial charge on any atom is 0.0465 e. The minimum absolute atomic E-state index is 0.0627. The summed E-state index contributed by atoms with van der Waals surface area (Å²) in [5.41, 5.74) is 24.4. The summed E-state index contributed by atoms with van der Waals surface area (Å²) < 4.78 is 0. The van der Waals surface area contributed by atoms with Gasteiger partial charge >= 0.3 is 0 Å². The Kier molecular flexibility index (Phi) is 10.8. The molecule has 0 N–H and O–H groups in total. The van der Waals surface area contributed by atoms with Crippen molar-refractivity contribution in [3.8, 4) is 44.5 Å². The third kappa shape index (κ3) is 7.95. The molecule has 1 saturated carbocycles. The van der Waals surface area contributed by atoms with Crippen LogP contribution in [-0.4, -0.2) is 0 Å². The molecule has 3 aliphatic rings. The molecular formula is C63H67N. The van der Waals surface area contributed by atoms with Crippen LogP contribution in [0, 0.1) is 0 Å². The van der Waals surface area contributed by atoms with Gasteiger partial charge in [-0.2, -0.15) is 0 Å². The first-order chi connectivity index (χ1) is 30.7. The molecule has 3 aliphatic carbocycles. The third-order valence-corrected chi connectivity index (χ3v) is 15.1. The molecule has 0 spiro atoms. The number of anilines is 3. The van der Waals surface area contributed by atoms with Crippen LogP contribution >= 0.6 is 0 Å². The Balaban J connectivity index is 1.06. The summed E-state index contributed by atoms with van der Waals surface area (Å²) in [5.74, 6) is 0.690. The second-order valence-corrected chi connectivity index (χ2v) is 22.0. The quantitative estimate of drug-likeness (QED) is 0.155. The first-order valence-corrected chi connectivity index (χ1v) is 24.4. The largest absolute Gasteiger partial charge is 0.310 e. The van der Waals surface area contributed by atoms with Crippen LogP contribution in [0.15, 0.2) is 146 Å². The zero-order valence-electron chi connectivity index (χ0n) is 39.7. The molecule has 0 saturated heterocycles. The van der Waals surface area contributed by atoms with Gasteiger partial charge in [0.15, 0.2) is 0 Å². The van der Waals surface area contributed by atoms with Crippen molar-refractivity contribution < 1.29 is 0 Å². The van der Waals surface area contributed by atoms with E-state index in [1.165, 1.54) is 145 Å². The third-order valence-electron chi connectivity index (χ3n) is 15.1. The fraction of sp³-hybridized carbons (Fsp3) is 0.333. The van der Waals surface area contributed by atoms with Crippen molar-refractivity contribution in [3.63, 3.8) is 0 Å². The van der Waals surface area contributed by atoms with Gasteiger partial charge in [0, 0.05) is 22.5 Å². The van der Waals surface area contributed by atoms with Crippen LogP contribution in [0.2, 0.25) is 0 Å². The number of aryl methyl sites for hydroxylation is 1. The molecule has 1 fully saturated rings. The second-order valence-electron chi connectivity index (χ2n) is 22.0. The lowest BCUT2D eigenvalue weighted by molar-refractivity contribution is 0.444. The number of hydrogen-bond acceptors (Lipinski definition) is 1. The maximum absolute atomic E-state index is 2.52. The maximum atomic E-state index is 2.52. The lowest BCUT2D eigenvalue weighted by Gasteiger charge is -2.29. The molecule has 324 valence electrons. The van der Waals surface area contributed by atoms with E-state index in [2.05, 4.69) is 206 Å². The van der Waals surface area contributed by atoms with Gasteiger partial charge in [-0.3, -0.25) is 0 Å². The zero-order valence-corrected chi connectivity index (χ0v) is 39.7. The normalized spacial score (nSPS) is 15.9. The molecule has 0 amide bonds. The van der Waals surface area contributed by atoms with Crippen LogP contribution in [0.25, 0.3) is 44.5 Å². The van der Waals surface area contributed by atoms with E-state index >= 15 is 0 Å². The van der Waals surface area contributed by atoms with E-state index in [-0.39, 0.29) is 16.2 Å². The molecule has 0 atom stereocenters. The monoisotopic (exact) mass is 838 g/mol. The molecule has 0 aromatic heterocycles. The molecule has 7 aromatic carbocycles. The van der Waals surface area contributed by atoms with E-state index in [9.17, 15) is 0 Å². The van der Waals surface area contributed by atoms with Gasteiger partial charge < -0.3 is 4.90 Å². The van der Waals surface area contributed by atoms with Crippen LogP contribution in [-0.2, 0) is 29.1 Å². The number of rotatable bonds is 7. The van der Waals surface area contributed by atoms with Crippen molar-refractivity contribution in [2.45, 2.75) is 135 Å². The van der Waals surface area contributed by atoms with Crippen molar-refractivity contribution in [2.75, 3.05) is 4.90 Å². The first-order valence-electron chi connectivity index (χ1n) is 24.4. The molecule has 0 bridgehead atoms. The highest BCUT2D eigenvalue weighted by molar-refractivity contribution is 5.87. The molecule has 0 heterocycles. The molecule has 64 heavy (non-hydrogen) atoms.